The van der Waals surface area contributed by atoms with Crippen LogP contribution in [-0.2, 0) is 0 Å². The van der Waals surface area contributed by atoms with Crippen LogP contribution >= 0.6 is 11.6 Å². The van der Waals surface area contributed by atoms with Gasteiger partial charge in [0.1, 0.15) is 5.60 Å². The van der Waals surface area contributed by atoms with Gasteiger partial charge in [0.15, 0.2) is 5.82 Å². The highest BCUT2D eigenvalue weighted by Crippen LogP contribution is 2.36. The Bertz CT molecular complexity index is 1470. The SMILES string of the molecule is CC(C)(C)Oc1c(C=Nn2c(-c3ccccc3)nc3ccccc3c2=O)cc(Cl)cc1[N+](=O)[O-]. The van der Waals surface area contributed by atoms with Gasteiger partial charge in [-0.3, -0.25) is 14.9 Å². The molecule has 0 aliphatic rings. The van der Waals surface area contributed by atoms with Gasteiger partial charge in [-0.1, -0.05) is 54.1 Å². The summed E-state index contributed by atoms with van der Waals surface area (Å²) in [7, 11) is 0. The molecule has 0 aliphatic heterocycles. The number of rotatable bonds is 5. The molecule has 1 aromatic heterocycles. The smallest absolute Gasteiger partial charge is 0.313 e. The maximum atomic E-state index is 13.3. The van der Waals surface area contributed by atoms with Gasteiger partial charge in [0.2, 0.25) is 5.75 Å². The molecular weight excluding hydrogens is 456 g/mol. The number of aromatic nitrogens is 2. The fourth-order valence-electron chi connectivity index (χ4n) is 3.37. The molecule has 34 heavy (non-hydrogen) atoms. The minimum absolute atomic E-state index is 0.00806. The Labute approximate surface area is 200 Å². The molecule has 0 N–H and O–H groups in total. The van der Waals surface area contributed by atoms with E-state index in [0.717, 1.165) is 0 Å². The molecule has 0 radical (unpaired) electrons. The maximum Gasteiger partial charge on any atom is 0.313 e. The topological polar surface area (TPSA) is 99.6 Å². The summed E-state index contributed by atoms with van der Waals surface area (Å²) in [6, 6.07) is 18.9. The minimum Gasteiger partial charge on any atom is -0.481 e. The Balaban J connectivity index is 1.95. The lowest BCUT2D eigenvalue weighted by Crippen LogP contribution is -2.24. The van der Waals surface area contributed by atoms with Crippen molar-refractivity contribution in [3.63, 3.8) is 0 Å². The van der Waals surface area contributed by atoms with Crippen LogP contribution in [0.1, 0.15) is 26.3 Å². The van der Waals surface area contributed by atoms with E-state index in [0.29, 0.717) is 22.3 Å². The van der Waals surface area contributed by atoms with E-state index < -0.39 is 10.5 Å². The van der Waals surface area contributed by atoms with Crippen molar-refractivity contribution in [3.8, 4) is 17.1 Å². The third kappa shape index (κ3) is 4.82. The van der Waals surface area contributed by atoms with Gasteiger partial charge in [0.05, 0.1) is 22.0 Å². The summed E-state index contributed by atoms with van der Waals surface area (Å²) in [6.07, 6.45) is 1.32. The molecule has 0 spiro atoms. The standard InChI is InChI=1S/C25H21ClN4O4/c1-25(2,3)34-22-17(13-18(26)14-21(22)30(32)33)15-27-29-23(16-9-5-4-6-10-16)28-20-12-8-7-11-19(20)24(29)31/h4-15H,1-3H3. The zero-order chi connectivity index (χ0) is 24.5. The average Bonchev–Trinajstić information content (AvgIpc) is 2.79. The first-order valence-corrected chi connectivity index (χ1v) is 10.8. The van der Waals surface area contributed by atoms with Crippen molar-refractivity contribution in [3.05, 3.63) is 97.8 Å². The van der Waals surface area contributed by atoms with Crippen LogP contribution in [0.5, 0.6) is 5.75 Å². The van der Waals surface area contributed by atoms with Gasteiger partial charge in [-0.25, -0.2) is 4.98 Å². The predicted molar refractivity (Wildman–Crippen MR) is 133 cm³/mol. The van der Waals surface area contributed by atoms with E-state index in [9.17, 15) is 14.9 Å². The van der Waals surface area contributed by atoms with Crippen LogP contribution in [0.4, 0.5) is 5.69 Å². The molecule has 4 rings (SSSR count). The largest absolute Gasteiger partial charge is 0.481 e. The number of nitro groups is 1. The van der Waals surface area contributed by atoms with Crippen molar-refractivity contribution in [1.29, 1.82) is 0 Å². The van der Waals surface area contributed by atoms with Crippen LogP contribution in [-0.4, -0.2) is 26.4 Å². The number of benzene rings is 3. The molecule has 0 atom stereocenters. The van der Waals surface area contributed by atoms with Gasteiger partial charge in [-0.15, -0.1) is 0 Å². The third-order valence-electron chi connectivity index (χ3n) is 4.77. The lowest BCUT2D eigenvalue weighted by Gasteiger charge is -2.22. The zero-order valence-electron chi connectivity index (χ0n) is 18.7. The normalized spacial score (nSPS) is 11.8. The van der Waals surface area contributed by atoms with Crippen LogP contribution in [0.15, 0.2) is 76.6 Å². The number of ether oxygens (including phenoxy) is 1. The van der Waals surface area contributed by atoms with E-state index in [-0.39, 0.29) is 27.6 Å². The summed E-state index contributed by atoms with van der Waals surface area (Å²) >= 11 is 6.15. The first-order valence-electron chi connectivity index (χ1n) is 10.4. The van der Waals surface area contributed by atoms with E-state index >= 15 is 0 Å². The van der Waals surface area contributed by atoms with Gasteiger partial charge in [-0.2, -0.15) is 9.78 Å². The van der Waals surface area contributed by atoms with E-state index in [4.69, 9.17) is 16.3 Å². The summed E-state index contributed by atoms with van der Waals surface area (Å²) in [4.78, 5) is 29.1. The number of nitro benzene ring substituents is 1. The Hall–Kier alpha value is -4.04. The second kappa shape index (κ2) is 9.07. The lowest BCUT2D eigenvalue weighted by atomic mass is 10.1. The summed E-state index contributed by atoms with van der Waals surface area (Å²) in [5, 5.41) is 16.6. The number of para-hydroxylation sites is 1. The number of halogens is 1. The van der Waals surface area contributed by atoms with Crippen molar-refractivity contribution < 1.29 is 9.66 Å². The molecule has 0 saturated heterocycles. The van der Waals surface area contributed by atoms with E-state index in [2.05, 4.69) is 10.1 Å². The summed E-state index contributed by atoms with van der Waals surface area (Å²) in [5.74, 6) is 0.337. The highest BCUT2D eigenvalue weighted by atomic mass is 35.5. The van der Waals surface area contributed by atoms with Crippen LogP contribution in [0.3, 0.4) is 0 Å². The van der Waals surface area contributed by atoms with Gasteiger partial charge in [0, 0.05) is 22.2 Å². The second-order valence-electron chi connectivity index (χ2n) is 8.49. The first kappa shape index (κ1) is 23.1. The fraction of sp³-hybridized carbons (Fsp3) is 0.160. The van der Waals surface area contributed by atoms with E-state index in [1.165, 1.54) is 23.0 Å². The highest BCUT2D eigenvalue weighted by molar-refractivity contribution is 6.31. The molecule has 0 amide bonds. The lowest BCUT2D eigenvalue weighted by molar-refractivity contribution is -0.386. The molecule has 0 bridgehead atoms. The van der Waals surface area contributed by atoms with Gasteiger partial charge in [-0.05, 0) is 39.0 Å². The average molecular weight is 477 g/mol. The van der Waals surface area contributed by atoms with Crippen molar-refractivity contribution in [2.45, 2.75) is 26.4 Å². The number of nitrogens with zero attached hydrogens (tertiary/aromatic N) is 4. The van der Waals surface area contributed by atoms with Gasteiger partial charge < -0.3 is 4.74 Å². The number of hydrogen-bond acceptors (Lipinski definition) is 6. The third-order valence-corrected chi connectivity index (χ3v) is 4.98. The predicted octanol–water partition coefficient (Wildman–Crippen LogP) is 5.68. The van der Waals surface area contributed by atoms with Gasteiger partial charge >= 0.3 is 5.69 Å². The molecule has 0 fully saturated rings. The van der Waals surface area contributed by atoms with Crippen molar-refractivity contribution in [2.24, 2.45) is 5.10 Å². The van der Waals surface area contributed by atoms with E-state index in [1.54, 1.807) is 45.0 Å². The monoisotopic (exact) mass is 476 g/mol. The van der Waals surface area contributed by atoms with Crippen LogP contribution in [0.25, 0.3) is 22.3 Å². The Morgan fingerprint density at radius 1 is 1.09 bits per heavy atom. The van der Waals surface area contributed by atoms with Crippen LogP contribution in [0.2, 0.25) is 5.02 Å². The fourth-order valence-corrected chi connectivity index (χ4v) is 3.59. The van der Waals surface area contributed by atoms with Crippen molar-refractivity contribution in [1.82, 2.24) is 9.66 Å². The molecule has 8 nitrogen and oxygen atoms in total. The molecule has 1 heterocycles. The van der Waals surface area contributed by atoms with Crippen molar-refractivity contribution in [2.75, 3.05) is 0 Å². The van der Waals surface area contributed by atoms with Crippen LogP contribution < -0.4 is 10.3 Å². The zero-order valence-corrected chi connectivity index (χ0v) is 19.5. The molecule has 0 aliphatic carbocycles. The summed E-state index contributed by atoms with van der Waals surface area (Å²) < 4.78 is 7.06. The quantitative estimate of drug-likeness (QED) is 0.209. The van der Waals surface area contributed by atoms with E-state index in [1.807, 2.05) is 30.3 Å². The number of hydrogen-bond donors (Lipinski definition) is 0. The molecule has 3 aromatic carbocycles. The van der Waals surface area contributed by atoms with Gasteiger partial charge in [0.25, 0.3) is 5.56 Å². The molecule has 0 saturated carbocycles. The first-order chi connectivity index (χ1) is 16.1. The molecule has 9 heteroatoms. The molecule has 4 aromatic rings. The van der Waals surface area contributed by atoms with Crippen molar-refractivity contribution >= 4 is 34.4 Å². The Morgan fingerprint density at radius 3 is 2.44 bits per heavy atom. The maximum absolute atomic E-state index is 13.3. The van der Waals surface area contributed by atoms with Crippen LogP contribution in [0, 0.1) is 10.1 Å². The molecule has 172 valence electrons. The minimum atomic E-state index is -0.724. The molecule has 0 unspecified atom stereocenters. The molecular formula is C25H21ClN4O4. The summed E-state index contributed by atoms with van der Waals surface area (Å²) in [5.41, 5.74) is 0.0797. The Morgan fingerprint density at radius 2 is 1.76 bits per heavy atom. The Kier molecular flexibility index (Phi) is 6.17. The second-order valence-corrected chi connectivity index (χ2v) is 8.93. The highest BCUT2D eigenvalue weighted by Gasteiger charge is 2.25. The summed E-state index contributed by atoms with van der Waals surface area (Å²) in [6.45, 7) is 5.33. The number of fused-ring (bicyclic) bond motifs is 1.